The molecule has 0 amide bonds. The van der Waals surface area contributed by atoms with Gasteiger partial charge in [0, 0.05) is 0 Å². The number of unbranched alkanes of at least 4 members (excludes halogenated alkanes) is 5. The number of hydrogen-bond donors (Lipinski definition) is 0. The van der Waals surface area contributed by atoms with Crippen molar-refractivity contribution in [2.45, 2.75) is 69.9 Å². The molecule has 0 aromatic rings. The van der Waals surface area contributed by atoms with Gasteiger partial charge < -0.3 is 0 Å². The Balaban J connectivity index is 4.15. The number of alkyl halides is 5. The first-order valence-corrected chi connectivity index (χ1v) is 6.26. The zero-order valence-electron chi connectivity index (χ0n) is 10.7. The fraction of sp³-hybridized carbons (Fsp3) is 0.917. The first-order valence-electron chi connectivity index (χ1n) is 6.26. The Morgan fingerprint density at radius 2 is 1.37 bits per heavy atom. The summed E-state index contributed by atoms with van der Waals surface area (Å²) < 4.78 is 87.1. The molecule has 0 heterocycles. The van der Waals surface area contributed by atoms with Gasteiger partial charge in [0.25, 0.3) is 0 Å². The van der Waals surface area contributed by atoms with E-state index in [-0.39, 0.29) is 6.42 Å². The average molecular weight is 295 g/mol. The van der Waals surface area contributed by atoms with Crippen molar-refractivity contribution in [3.63, 3.8) is 0 Å². The molecule has 19 heavy (non-hydrogen) atoms. The van der Waals surface area contributed by atoms with Gasteiger partial charge in [-0.25, -0.2) is 4.39 Å². The molecule has 0 nitrogen and oxygen atoms in total. The molecule has 0 N–H and O–H groups in total. The zero-order chi connectivity index (χ0) is 15.1. The zero-order valence-corrected chi connectivity index (χ0v) is 10.7. The van der Waals surface area contributed by atoms with E-state index in [0.717, 1.165) is 19.3 Å². The molecule has 7 heteroatoms. The van der Waals surface area contributed by atoms with Crippen LogP contribution in [0.2, 0.25) is 0 Å². The molecule has 0 fully saturated rings. The van der Waals surface area contributed by atoms with Crippen LogP contribution in [-0.4, -0.2) is 18.0 Å². The summed E-state index contributed by atoms with van der Waals surface area (Å²) >= 11 is 0. The van der Waals surface area contributed by atoms with E-state index >= 15 is 0 Å². The van der Waals surface area contributed by atoms with Gasteiger partial charge in [-0.3, -0.25) is 0 Å². The molecule has 0 bridgehead atoms. The van der Waals surface area contributed by atoms with E-state index in [1.165, 1.54) is 0 Å². The molecule has 0 saturated carbocycles. The van der Waals surface area contributed by atoms with Crippen molar-refractivity contribution in [1.29, 1.82) is 0 Å². The summed E-state index contributed by atoms with van der Waals surface area (Å²) in [5, 5.41) is 0. The summed E-state index contributed by atoms with van der Waals surface area (Å²) in [7, 11) is 0. The molecule has 0 aromatic heterocycles. The van der Waals surface area contributed by atoms with E-state index in [1.54, 1.807) is 0 Å². The molecule has 0 aliphatic carbocycles. The number of rotatable bonds is 10. The van der Waals surface area contributed by atoms with Crippen LogP contribution in [0.3, 0.4) is 0 Å². The topological polar surface area (TPSA) is 0 Å². The van der Waals surface area contributed by atoms with Crippen molar-refractivity contribution in [1.82, 2.24) is 0 Å². The third kappa shape index (κ3) is 5.18. The molecule has 0 saturated heterocycles. The highest BCUT2D eigenvalue weighted by atomic mass is 19.3. The van der Waals surface area contributed by atoms with Gasteiger partial charge in [0.05, 0.1) is 0 Å². The van der Waals surface area contributed by atoms with E-state index in [1.807, 2.05) is 6.92 Å². The molecular formula is C12H18F7. The lowest BCUT2D eigenvalue weighted by molar-refractivity contribution is -0.255. The summed E-state index contributed by atoms with van der Waals surface area (Å²) in [5.41, 5.74) is 0. The maximum absolute atomic E-state index is 13.0. The van der Waals surface area contributed by atoms with Crippen LogP contribution in [0.5, 0.6) is 0 Å². The molecule has 0 aromatic carbocycles. The summed E-state index contributed by atoms with van der Waals surface area (Å²) in [5.74, 6) is -11.1. The molecule has 0 aliphatic heterocycles. The number of hydrogen-bond acceptors (Lipinski definition) is 0. The van der Waals surface area contributed by atoms with Gasteiger partial charge in [-0.2, -0.15) is 26.3 Å². The highest BCUT2D eigenvalue weighted by Gasteiger charge is 2.68. The Kier molecular flexibility index (Phi) is 7.74. The van der Waals surface area contributed by atoms with Gasteiger partial charge in [-0.1, -0.05) is 45.4 Å². The quantitative estimate of drug-likeness (QED) is 0.354. The summed E-state index contributed by atoms with van der Waals surface area (Å²) in [6.07, 6.45) is -4.01. The monoisotopic (exact) mass is 295 g/mol. The SMILES string of the molecule is CCCCCCCCC(F)C(F)(F)C(F)(F)[C](F)F. The van der Waals surface area contributed by atoms with Gasteiger partial charge in [0.15, 0.2) is 6.17 Å². The highest BCUT2D eigenvalue weighted by Crippen LogP contribution is 2.46. The normalized spacial score (nSPS) is 15.0. The standard InChI is InChI=1S/C12H18F7/c1-2-3-4-5-6-7-8-9(13)11(16,17)12(18,19)10(14)15/h9H,2-8H2,1H3. The minimum Gasteiger partial charge on any atom is -0.241 e. The molecule has 0 rings (SSSR count). The van der Waals surface area contributed by atoms with Gasteiger partial charge in [-0.05, 0) is 6.42 Å². The second kappa shape index (κ2) is 7.94. The van der Waals surface area contributed by atoms with E-state index < -0.39 is 30.9 Å². The molecule has 0 spiro atoms. The van der Waals surface area contributed by atoms with Crippen molar-refractivity contribution in [2.75, 3.05) is 0 Å². The third-order valence-corrected chi connectivity index (χ3v) is 2.86. The van der Waals surface area contributed by atoms with E-state index in [2.05, 4.69) is 0 Å². The van der Waals surface area contributed by atoms with Crippen LogP contribution in [-0.2, 0) is 0 Å². The van der Waals surface area contributed by atoms with E-state index in [4.69, 9.17) is 0 Å². The van der Waals surface area contributed by atoms with Crippen molar-refractivity contribution < 1.29 is 30.7 Å². The molecule has 1 unspecified atom stereocenters. The molecule has 1 atom stereocenters. The molecule has 1 radical (unpaired) electrons. The van der Waals surface area contributed by atoms with E-state index in [9.17, 15) is 30.7 Å². The van der Waals surface area contributed by atoms with Crippen LogP contribution in [0.4, 0.5) is 30.7 Å². The molecule has 115 valence electrons. The van der Waals surface area contributed by atoms with Crippen molar-refractivity contribution >= 4 is 0 Å². The van der Waals surface area contributed by atoms with E-state index in [0.29, 0.717) is 12.8 Å². The number of halogens is 7. The van der Waals surface area contributed by atoms with Crippen LogP contribution < -0.4 is 0 Å². The Hall–Kier alpha value is -0.490. The predicted molar refractivity (Wildman–Crippen MR) is 58.2 cm³/mol. The van der Waals surface area contributed by atoms with Gasteiger partial charge in [-0.15, -0.1) is 0 Å². The predicted octanol–water partition coefficient (Wildman–Crippen LogP) is 5.77. The summed E-state index contributed by atoms with van der Waals surface area (Å²) in [4.78, 5) is 0. The van der Waals surface area contributed by atoms with Crippen molar-refractivity contribution in [3.8, 4) is 0 Å². The fourth-order valence-electron chi connectivity index (χ4n) is 1.61. The van der Waals surface area contributed by atoms with Crippen molar-refractivity contribution in [3.05, 3.63) is 6.43 Å². The van der Waals surface area contributed by atoms with Gasteiger partial charge >= 0.3 is 18.3 Å². The summed E-state index contributed by atoms with van der Waals surface area (Å²) in [6, 6.07) is 0. The Bertz CT molecular complexity index is 240. The van der Waals surface area contributed by atoms with Crippen molar-refractivity contribution in [2.24, 2.45) is 0 Å². The van der Waals surface area contributed by atoms with Crippen LogP contribution in [0.15, 0.2) is 0 Å². The minimum absolute atomic E-state index is 0.0234. The minimum atomic E-state index is -5.71. The maximum atomic E-state index is 13.0. The Labute approximate surface area is 108 Å². The van der Waals surface area contributed by atoms with Crippen LogP contribution in [0, 0.1) is 6.43 Å². The van der Waals surface area contributed by atoms with Gasteiger partial charge in [0.2, 0.25) is 0 Å². The maximum Gasteiger partial charge on any atom is 0.384 e. The lowest BCUT2D eigenvalue weighted by atomic mass is 10.0. The second-order valence-corrected chi connectivity index (χ2v) is 4.48. The third-order valence-electron chi connectivity index (χ3n) is 2.86. The average Bonchev–Trinajstić information content (AvgIpc) is 2.32. The van der Waals surface area contributed by atoms with Crippen LogP contribution in [0.25, 0.3) is 0 Å². The van der Waals surface area contributed by atoms with Gasteiger partial charge in [0.1, 0.15) is 0 Å². The highest BCUT2D eigenvalue weighted by molar-refractivity contribution is 5.00. The van der Waals surface area contributed by atoms with Crippen LogP contribution in [0.1, 0.15) is 51.9 Å². The second-order valence-electron chi connectivity index (χ2n) is 4.48. The Morgan fingerprint density at radius 1 is 0.895 bits per heavy atom. The summed E-state index contributed by atoms with van der Waals surface area (Å²) in [6.45, 7) is 1.97. The largest absolute Gasteiger partial charge is 0.384 e. The first kappa shape index (κ1) is 18.5. The smallest absolute Gasteiger partial charge is 0.241 e. The fourth-order valence-corrected chi connectivity index (χ4v) is 1.61. The molecular weight excluding hydrogens is 277 g/mol. The Morgan fingerprint density at radius 3 is 1.84 bits per heavy atom. The molecule has 0 aliphatic rings. The first-order chi connectivity index (χ1) is 8.67. The van der Waals surface area contributed by atoms with Crippen LogP contribution >= 0.6 is 0 Å². The lowest BCUT2D eigenvalue weighted by Crippen LogP contribution is -2.49. The lowest BCUT2D eigenvalue weighted by Gasteiger charge is -2.27.